The zero-order valence-electron chi connectivity index (χ0n) is 26.3. The molecule has 1 fully saturated rings. The van der Waals surface area contributed by atoms with Crippen molar-refractivity contribution in [1.29, 1.82) is 0 Å². The molecule has 1 N–H and O–H groups in total. The van der Waals surface area contributed by atoms with Crippen molar-refractivity contribution in [3.63, 3.8) is 0 Å². The van der Waals surface area contributed by atoms with Crippen LogP contribution < -0.4 is 9.62 Å². The molecule has 0 unspecified atom stereocenters. The fraction of sp³-hybridized carbons (Fsp3) is 0.297. The highest BCUT2D eigenvalue weighted by Crippen LogP contribution is 2.30. The van der Waals surface area contributed by atoms with Gasteiger partial charge in [-0.3, -0.25) is 13.9 Å². The van der Waals surface area contributed by atoms with Crippen LogP contribution in [0.3, 0.4) is 0 Å². The van der Waals surface area contributed by atoms with Crippen LogP contribution in [0.4, 0.5) is 5.69 Å². The summed E-state index contributed by atoms with van der Waals surface area (Å²) < 4.78 is 29.5. The van der Waals surface area contributed by atoms with Crippen molar-refractivity contribution in [3.8, 4) is 0 Å². The highest BCUT2D eigenvalue weighted by Gasteiger charge is 2.36. The zero-order valence-corrected chi connectivity index (χ0v) is 28.6. The second-order valence-electron chi connectivity index (χ2n) is 11.9. The maximum absolute atomic E-state index is 14.7. The van der Waals surface area contributed by atoms with E-state index in [1.165, 1.54) is 17.0 Å². The number of nitrogens with zero attached hydrogens (tertiary/aromatic N) is 2. The predicted octanol–water partition coefficient (Wildman–Crippen LogP) is 7.59. The number of benzene rings is 4. The summed E-state index contributed by atoms with van der Waals surface area (Å²) >= 11 is 12.9. The van der Waals surface area contributed by atoms with Crippen LogP contribution in [0.25, 0.3) is 0 Å². The smallest absolute Gasteiger partial charge is 0.264 e. The van der Waals surface area contributed by atoms with Gasteiger partial charge in [-0.1, -0.05) is 109 Å². The molecule has 47 heavy (non-hydrogen) atoms. The topological polar surface area (TPSA) is 86.8 Å². The lowest BCUT2D eigenvalue weighted by molar-refractivity contribution is -0.140. The first-order valence-electron chi connectivity index (χ1n) is 15.8. The van der Waals surface area contributed by atoms with Crippen molar-refractivity contribution in [3.05, 3.63) is 130 Å². The molecule has 1 aliphatic carbocycles. The Morgan fingerprint density at radius 3 is 2.15 bits per heavy atom. The van der Waals surface area contributed by atoms with Gasteiger partial charge in [0.15, 0.2) is 0 Å². The van der Waals surface area contributed by atoms with Gasteiger partial charge in [0.25, 0.3) is 10.0 Å². The van der Waals surface area contributed by atoms with Crippen LogP contribution in [0, 0.1) is 6.92 Å². The fourth-order valence-corrected chi connectivity index (χ4v) is 7.96. The molecule has 1 saturated carbocycles. The van der Waals surface area contributed by atoms with Crippen LogP contribution in [0.5, 0.6) is 0 Å². The molecule has 0 aromatic heterocycles. The third kappa shape index (κ3) is 8.74. The number of hydrogen-bond donors (Lipinski definition) is 1. The second-order valence-corrected chi connectivity index (χ2v) is 14.6. The van der Waals surface area contributed by atoms with Gasteiger partial charge < -0.3 is 10.2 Å². The summed E-state index contributed by atoms with van der Waals surface area (Å²) in [5, 5.41) is 4.10. The van der Waals surface area contributed by atoms with E-state index in [1.54, 1.807) is 55.5 Å². The van der Waals surface area contributed by atoms with Crippen molar-refractivity contribution in [2.45, 2.75) is 69.0 Å². The fourth-order valence-electron chi connectivity index (χ4n) is 6.04. The van der Waals surface area contributed by atoms with E-state index in [0.29, 0.717) is 26.9 Å². The normalized spacial score (nSPS) is 14.3. The highest BCUT2D eigenvalue weighted by atomic mass is 35.5. The maximum atomic E-state index is 14.7. The second kappa shape index (κ2) is 15.8. The van der Waals surface area contributed by atoms with Crippen LogP contribution in [0.2, 0.25) is 10.0 Å². The van der Waals surface area contributed by atoms with Crippen LogP contribution in [0.15, 0.2) is 108 Å². The van der Waals surface area contributed by atoms with E-state index >= 15 is 0 Å². The first kappa shape index (κ1) is 34.5. The zero-order chi connectivity index (χ0) is 33.4. The van der Waals surface area contributed by atoms with Crippen molar-refractivity contribution < 1.29 is 18.0 Å². The Labute approximate surface area is 287 Å². The van der Waals surface area contributed by atoms with Crippen molar-refractivity contribution in [2.75, 3.05) is 10.8 Å². The first-order chi connectivity index (χ1) is 22.6. The van der Waals surface area contributed by atoms with Crippen LogP contribution in [-0.2, 0) is 32.6 Å². The SMILES string of the molecule is Cc1cc(Cl)ccc1N(CC(=O)N(Cc1ccccc1Cl)[C@@H](Cc1ccccc1)C(=O)NC1CCCCC1)S(=O)(=O)c1ccccc1. The van der Waals surface area contributed by atoms with E-state index in [9.17, 15) is 18.0 Å². The van der Waals surface area contributed by atoms with Crippen molar-refractivity contribution >= 4 is 50.7 Å². The average Bonchev–Trinajstić information content (AvgIpc) is 3.07. The Bertz CT molecular complexity index is 1780. The molecular formula is C37H39Cl2N3O4S. The molecule has 0 spiro atoms. The summed E-state index contributed by atoms with van der Waals surface area (Å²) in [6.45, 7) is 1.20. The molecule has 0 aliphatic heterocycles. The van der Waals surface area contributed by atoms with E-state index in [2.05, 4.69) is 5.32 Å². The molecule has 5 rings (SSSR count). The summed E-state index contributed by atoms with van der Waals surface area (Å²) in [5.74, 6) is -0.820. The number of aryl methyl sites for hydroxylation is 1. The number of halogens is 2. The molecule has 0 radical (unpaired) electrons. The number of rotatable bonds is 12. The summed E-state index contributed by atoms with van der Waals surface area (Å²) in [6, 6.07) is 28.6. The number of anilines is 1. The average molecular weight is 693 g/mol. The molecule has 10 heteroatoms. The molecular weight excluding hydrogens is 653 g/mol. The van der Waals surface area contributed by atoms with Crippen LogP contribution in [-0.4, -0.2) is 43.8 Å². The van der Waals surface area contributed by atoms with Gasteiger partial charge in [0.05, 0.1) is 10.6 Å². The monoisotopic (exact) mass is 691 g/mol. The maximum Gasteiger partial charge on any atom is 0.264 e. The Hall–Kier alpha value is -3.85. The van der Waals surface area contributed by atoms with E-state index in [0.717, 1.165) is 42.0 Å². The summed E-state index contributed by atoms with van der Waals surface area (Å²) in [7, 11) is -4.21. The lowest BCUT2D eigenvalue weighted by atomic mass is 9.94. The third-order valence-electron chi connectivity index (χ3n) is 8.56. The number of sulfonamides is 1. The molecule has 246 valence electrons. The minimum atomic E-state index is -4.21. The molecule has 4 aromatic carbocycles. The summed E-state index contributed by atoms with van der Waals surface area (Å²) in [6.07, 6.45) is 5.18. The van der Waals surface area contributed by atoms with Gasteiger partial charge in [0.2, 0.25) is 11.8 Å². The van der Waals surface area contributed by atoms with Crippen LogP contribution in [0.1, 0.15) is 48.8 Å². The number of amides is 2. The van der Waals surface area contributed by atoms with E-state index in [4.69, 9.17) is 23.2 Å². The van der Waals surface area contributed by atoms with E-state index < -0.39 is 28.5 Å². The van der Waals surface area contributed by atoms with E-state index in [-0.39, 0.29) is 29.8 Å². The largest absolute Gasteiger partial charge is 0.352 e. The minimum absolute atomic E-state index is 0.00686. The number of carbonyl (C=O) groups is 2. The quantitative estimate of drug-likeness (QED) is 0.166. The molecule has 1 atom stereocenters. The molecule has 1 aliphatic rings. The van der Waals surface area contributed by atoms with Gasteiger partial charge in [-0.25, -0.2) is 8.42 Å². The lowest BCUT2D eigenvalue weighted by Gasteiger charge is -2.35. The standard InChI is InChI=1S/C37H39Cl2N3O4S/c1-27-23-30(38)21-22-34(27)42(47(45,46)32-18-9-4-10-19-32)26-36(43)41(25-29-15-11-12-20-33(29)39)35(24-28-13-5-2-6-14-28)37(44)40-31-16-7-3-8-17-31/h2,4-6,9-15,18-23,31,35H,3,7-8,16-17,24-26H2,1H3,(H,40,44)/t35-/m0/s1. The highest BCUT2D eigenvalue weighted by molar-refractivity contribution is 7.92. The predicted molar refractivity (Wildman–Crippen MR) is 188 cm³/mol. The van der Waals surface area contributed by atoms with Crippen molar-refractivity contribution in [1.82, 2.24) is 10.2 Å². The number of nitrogens with one attached hydrogen (secondary N) is 1. The van der Waals surface area contributed by atoms with Gasteiger partial charge in [-0.05, 0) is 72.9 Å². The lowest BCUT2D eigenvalue weighted by Crippen LogP contribution is -2.55. The molecule has 0 heterocycles. The van der Waals surface area contributed by atoms with Gasteiger partial charge in [0, 0.05) is 29.1 Å². The molecule has 2 amide bonds. The molecule has 0 saturated heterocycles. The van der Waals surface area contributed by atoms with Gasteiger partial charge >= 0.3 is 0 Å². The first-order valence-corrected chi connectivity index (χ1v) is 18.0. The minimum Gasteiger partial charge on any atom is -0.352 e. The summed E-state index contributed by atoms with van der Waals surface area (Å²) in [5.41, 5.74) is 2.41. The third-order valence-corrected chi connectivity index (χ3v) is 10.9. The number of carbonyl (C=O) groups excluding carboxylic acids is 2. The van der Waals surface area contributed by atoms with Gasteiger partial charge in [0.1, 0.15) is 12.6 Å². The molecule has 0 bridgehead atoms. The number of hydrogen-bond acceptors (Lipinski definition) is 4. The van der Waals surface area contributed by atoms with E-state index in [1.807, 2.05) is 42.5 Å². The van der Waals surface area contributed by atoms with Crippen molar-refractivity contribution in [2.24, 2.45) is 0 Å². The van der Waals surface area contributed by atoms with Gasteiger partial charge in [-0.15, -0.1) is 0 Å². The molecule has 4 aromatic rings. The molecule has 7 nitrogen and oxygen atoms in total. The van der Waals surface area contributed by atoms with Gasteiger partial charge in [-0.2, -0.15) is 0 Å². The Balaban J connectivity index is 1.58. The van der Waals surface area contributed by atoms with Crippen LogP contribution >= 0.6 is 23.2 Å². The Morgan fingerprint density at radius 1 is 0.851 bits per heavy atom. The Kier molecular flexibility index (Phi) is 11.6. The Morgan fingerprint density at radius 2 is 1.49 bits per heavy atom. The summed E-state index contributed by atoms with van der Waals surface area (Å²) in [4.78, 5) is 30.4.